The van der Waals surface area contributed by atoms with Crippen molar-refractivity contribution in [3.63, 3.8) is 0 Å². The Balaban J connectivity index is 1.81. The molecule has 0 saturated heterocycles. The number of carbonyl (C=O) groups is 2. The first-order valence-corrected chi connectivity index (χ1v) is 16.5. The lowest BCUT2D eigenvalue weighted by Crippen LogP contribution is -2.54. The van der Waals surface area contributed by atoms with Gasteiger partial charge in [-0.1, -0.05) is 60.2 Å². The van der Waals surface area contributed by atoms with E-state index in [-0.39, 0.29) is 35.5 Å². The maximum Gasteiger partial charge on any atom is 0.264 e. The van der Waals surface area contributed by atoms with Crippen LogP contribution >= 0.6 is 0 Å². The van der Waals surface area contributed by atoms with Gasteiger partial charge in [0, 0.05) is 19.0 Å². The number of rotatable bonds is 14. The van der Waals surface area contributed by atoms with Crippen LogP contribution in [0.1, 0.15) is 30.5 Å². The molecule has 1 atom stereocenters. The Morgan fingerprint density at radius 3 is 2.02 bits per heavy atom. The van der Waals surface area contributed by atoms with Crippen LogP contribution in [-0.2, 0) is 32.6 Å². The van der Waals surface area contributed by atoms with Gasteiger partial charge in [0.2, 0.25) is 11.8 Å². The Hall–Kier alpha value is -4.83. The molecule has 0 unspecified atom stereocenters. The van der Waals surface area contributed by atoms with Crippen molar-refractivity contribution >= 4 is 27.5 Å². The molecule has 2 amide bonds. The molecule has 0 aromatic heterocycles. The van der Waals surface area contributed by atoms with Crippen LogP contribution in [0.25, 0.3) is 0 Å². The minimum absolute atomic E-state index is 0.0412. The Kier molecular flexibility index (Phi) is 11.4. The van der Waals surface area contributed by atoms with Gasteiger partial charge >= 0.3 is 0 Å². The summed E-state index contributed by atoms with van der Waals surface area (Å²) in [5.41, 5.74) is 2.76. The predicted molar refractivity (Wildman–Crippen MR) is 179 cm³/mol. The van der Waals surface area contributed by atoms with Crippen LogP contribution in [0, 0.1) is 6.92 Å². The average molecular weight is 644 g/mol. The normalized spacial score (nSPS) is 11.9. The second-order valence-corrected chi connectivity index (χ2v) is 13.1. The smallest absolute Gasteiger partial charge is 0.264 e. The van der Waals surface area contributed by atoms with Gasteiger partial charge in [0.25, 0.3) is 10.0 Å². The lowest BCUT2D eigenvalue weighted by Gasteiger charge is -2.34. The van der Waals surface area contributed by atoms with Crippen LogP contribution in [0.15, 0.2) is 108 Å². The van der Waals surface area contributed by atoms with E-state index in [1.807, 2.05) is 63.2 Å². The zero-order valence-electron chi connectivity index (χ0n) is 26.8. The molecule has 4 aromatic rings. The molecule has 0 spiro atoms. The van der Waals surface area contributed by atoms with Gasteiger partial charge in [-0.05, 0) is 80.4 Å². The Morgan fingerprint density at radius 1 is 0.783 bits per heavy atom. The van der Waals surface area contributed by atoms with Crippen molar-refractivity contribution in [2.75, 3.05) is 25.1 Å². The van der Waals surface area contributed by atoms with E-state index in [0.29, 0.717) is 11.5 Å². The molecular weight excluding hydrogens is 602 g/mol. The predicted octanol–water partition coefficient (Wildman–Crippen LogP) is 5.37. The highest BCUT2D eigenvalue weighted by Crippen LogP contribution is 2.27. The topological polar surface area (TPSA) is 105 Å². The van der Waals surface area contributed by atoms with Crippen LogP contribution in [0.3, 0.4) is 0 Å². The molecule has 0 heterocycles. The quantitative estimate of drug-likeness (QED) is 0.198. The highest BCUT2D eigenvalue weighted by atomic mass is 32.2. The monoisotopic (exact) mass is 643 g/mol. The number of benzene rings is 4. The van der Waals surface area contributed by atoms with Gasteiger partial charge in [-0.25, -0.2) is 8.42 Å². The molecule has 4 aromatic carbocycles. The number of anilines is 1. The number of amides is 2. The van der Waals surface area contributed by atoms with E-state index < -0.39 is 28.5 Å². The van der Waals surface area contributed by atoms with Gasteiger partial charge in [0.05, 0.1) is 24.8 Å². The van der Waals surface area contributed by atoms with Crippen LogP contribution in [0.2, 0.25) is 0 Å². The zero-order chi connectivity index (χ0) is 33.3. The number of hydrogen-bond donors (Lipinski definition) is 1. The number of aryl methyl sites for hydroxylation is 1. The highest BCUT2D eigenvalue weighted by molar-refractivity contribution is 7.92. The molecule has 0 aliphatic heterocycles. The number of nitrogens with one attached hydrogen (secondary N) is 1. The molecule has 0 fully saturated rings. The van der Waals surface area contributed by atoms with Gasteiger partial charge in [0.15, 0.2) is 0 Å². The largest absolute Gasteiger partial charge is 0.497 e. The lowest BCUT2D eigenvalue weighted by molar-refractivity contribution is -0.140. The molecule has 1 N–H and O–H groups in total. The van der Waals surface area contributed by atoms with E-state index in [0.717, 1.165) is 21.0 Å². The molecule has 0 saturated carbocycles. The maximum absolute atomic E-state index is 14.5. The van der Waals surface area contributed by atoms with E-state index in [1.165, 1.54) is 24.1 Å². The molecule has 0 aliphatic rings. The number of methoxy groups -OCH3 is 2. The average Bonchev–Trinajstić information content (AvgIpc) is 3.05. The first-order valence-electron chi connectivity index (χ1n) is 15.0. The maximum atomic E-state index is 14.5. The standard InChI is InChI=1S/C36H41N3O6S/c1-26(2)37-36(41)34(23-28-10-7-6-8-11-28)38(24-29-12-9-13-32(22-29)45-5)35(40)25-39(30-16-18-31(44-4)19-17-30)46(42,43)33-20-14-27(3)15-21-33/h6-22,26,34H,23-25H2,1-5H3,(H,37,41)/t34-/m0/s1. The highest BCUT2D eigenvalue weighted by Gasteiger charge is 2.35. The number of sulfonamides is 1. The number of nitrogens with zero attached hydrogens (tertiary/aromatic N) is 2. The summed E-state index contributed by atoms with van der Waals surface area (Å²) in [5.74, 6) is 0.246. The lowest BCUT2D eigenvalue weighted by atomic mass is 10.0. The molecule has 0 bridgehead atoms. The summed E-state index contributed by atoms with van der Waals surface area (Å²) in [6.07, 6.45) is 0.225. The second kappa shape index (κ2) is 15.4. The fourth-order valence-corrected chi connectivity index (χ4v) is 6.43. The SMILES string of the molecule is COc1ccc(N(CC(=O)N(Cc2cccc(OC)c2)[C@@H](Cc2ccccc2)C(=O)NC(C)C)S(=O)(=O)c2ccc(C)cc2)cc1. The van der Waals surface area contributed by atoms with Gasteiger partial charge < -0.3 is 19.7 Å². The Labute approximate surface area is 271 Å². The summed E-state index contributed by atoms with van der Waals surface area (Å²) < 4.78 is 40.1. The summed E-state index contributed by atoms with van der Waals surface area (Å²) in [5, 5.41) is 2.96. The summed E-state index contributed by atoms with van der Waals surface area (Å²) >= 11 is 0. The molecule has 10 heteroatoms. The molecule has 4 rings (SSSR count). The zero-order valence-corrected chi connectivity index (χ0v) is 27.7. The van der Waals surface area contributed by atoms with E-state index in [2.05, 4.69) is 5.32 Å². The first-order chi connectivity index (χ1) is 22.0. The van der Waals surface area contributed by atoms with E-state index in [1.54, 1.807) is 55.6 Å². The summed E-state index contributed by atoms with van der Waals surface area (Å²) in [4.78, 5) is 29.9. The van der Waals surface area contributed by atoms with Gasteiger partial charge in [0.1, 0.15) is 24.1 Å². The van der Waals surface area contributed by atoms with Crippen molar-refractivity contribution < 1.29 is 27.5 Å². The summed E-state index contributed by atoms with van der Waals surface area (Å²) in [7, 11) is -1.13. The number of ether oxygens (including phenoxy) is 2. The van der Waals surface area contributed by atoms with Crippen molar-refractivity contribution in [3.8, 4) is 11.5 Å². The van der Waals surface area contributed by atoms with Crippen molar-refractivity contribution in [2.24, 2.45) is 0 Å². The summed E-state index contributed by atoms with van der Waals surface area (Å²) in [6.45, 7) is 5.07. The van der Waals surface area contributed by atoms with Gasteiger partial charge in [-0.3, -0.25) is 13.9 Å². The molecule has 46 heavy (non-hydrogen) atoms. The van der Waals surface area contributed by atoms with E-state index in [9.17, 15) is 18.0 Å². The van der Waals surface area contributed by atoms with Crippen molar-refractivity contribution in [1.29, 1.82) is 0 Å². The molecule has 0 aliphatic carbocycles. The van der Waals surface area contributed by atoms with Gasteiger partial charge in [-0.15, -0.1) is 0 Å². The van der Waals surface area contributed by atoms with Crippen LogP contribution in [0.4, 0.5) is 5.69 Å². The minimum atomic E-state index is -4.20. The third-order valence-electron chi connectivity index (χ3n) is 7.44. The van der Waals surface area contributed by atoms with Gasteiger partial charge in [-0.2, -0.15) is 0 Å². The second-order valence-electron chi connectivity index (χ2n) is 11.3. The molecule has 0 radical (unpaired) electrons. The van der Waals surface area contributed by atoms with Crippen molar-refractivity contribution in [3.05, 3.63) is 120 Å². The Morgan fingerprint density at radius 2 is 1.41 bits per heavy atom. The van der Waals surface area contributed by atoms with Crippen molar-refractivity contribution in [2.45, 2.75) is 50.7 Å². The number of hydrogen-bond acceptors (Lipinski definition) is 6. The fourth-order valence-electron chi connectivity index (χ4n) is 5.02. The van der Waals surface area contributed by atoms with Crippen LogP contribution < -0.4 is 19.1 Å². The van der Waals surface area contributed by atoms with Crippen molar-refractivity contribution in [1.82, 2.24) is 10.2 Å². The van der Waals surface area contributed by atoms with Crippen LogP contribution in [-0.4, -0.2) is 58.0 Å². The molecule has 242 valence electrons. The third kappa shape index (κ3) is 8.66. The summed E-state index contributed by atoms with van der Waals surface area (Å²) in [6, 6.07) is 28.5. The first kappa shape index (κ1) is 34.1. The number of carbonyl (C=O) groups excluding carboxylic acids is 2. The molecule has 9 nitrogen and oxygen atoms in total. The molecular formula is C36H41N3O6S. The minimum Gasteiger partial charge on any atom is -0.497 e. The Bertz CT molecular complexity index is 1710. The van der Waals surface area contributed by atoms with E-state index >= 15 is 0 Å². The fraction of sp³-hybridized carbons (Fsp3) is 0.278. The van der Waals surface area contributed by atoms with E-state index in [4.69, 9.17) is 9.47 Å². The third-order valence-corrected chi connectivity index (χ3v) is 9.23. The van der Waals surface area contributed by atoms with Crippen LogP contribution in [0.5, 0.6) is 11.5 Å².